The van der Waals surface area contributed by atoms with Crippen molar-refractivity contribution in [1.29, 1.82) is 0 Å². The van der Waals surface area contributed by atoms with E-state index >= 15 is 0 Å². The minimum Gasteiger partial charge on any atom is -0.508 e. The fourth-order valence-corrected chi connectivity index (χ4v) is 4.35. The second-order valence-electron chi connectivity index (χ2n) is 8.43. The minimum atomic E-state index is -1.22. The van der Waals surface area contributed by atoms with Crippen LogP contribution < -0.4 is 4.74 Å². The van der Waals surface area contributed by atoms with E-state index in [-0.39, 0.29) is 34.6 Å². The van der Waals surface area contributed by atoms with E-state index < -0.39 is 65.0 Å². The topological polar surface area (TPSA) is 197 Å². The molecule has 3 atom stereocenters. The lowest BCUT2D eigenvalue weighted by atomic mass is 9.83. The molecule has 4 rings (SSSR count). The second-order valence-corrected chi connectivity index (χ2v) is 8.43. The van der Waals surface area contributed by atoms with Gasteiger partial charge in [-0.3, -0.25) is 4.79 Å². The van der Waals surface area contributed by atoms with Crippen LogP contribution in [0.1, 0.15) is 40.7 Å². The van der Waals surface area contributed by atoms with E-state index in [0.717, 1.165) is 19.2 Å². The van der Waals surface area contributed by atoms with E-state index in [1.54, 1.807) is 0 Å². The Hall–Kier alpha value is -4.51. The van der Waals surface area contributed by atoms with Crippen molar-refractivity contribution < 1.29 is 55.1 Å². The zero-order chi connectivity index (χ0) is 26.3. The molecule has 0 unspecified atom stereocenters. The van der Waals surface area contributed by atoms with Gasteiger partial charge < -0.3 is 50.3 Å². The highest BCUT2D eigenvalue weighted by atomic mass is 16.5. The molecule has 8 N–H and O–H groups in total. The van der Waals surface area contributed by atoms with Gasteiger partial charge in [0.05, 0.1) is 19.6 Å². The van der Waals surface area contributed by atoms with Gasteiger partial charge in [-0.1, -0.05) is 6.07 Å². The summed E-state index contributed by atoms with van der Waals surface area (Å²) < 4.78 is 10.5. The number of carbonyl (C=O) groups is 1. The zero-order valence-electron chi connectivity index (χ0n) is 18.9. The highest BCUT2D eigenvalue weighted by molar-refractivity contribution is 5.74. The number of phenolic OH excluding ortho intramolecular Hbond substituents is 7. The van der Waals surface area contributed by atoms with E-state index in [4.69, 9.17) is 9.47 Å². The van der Waals surface area contributed by atoms with Crippen LogP contribution in [-0.2, 0) is 16.0 Å². The first-order valence-corrected chi connectivity index (χ1v) is 10.8. The van der Waals surface area contributed by atoms with Gasteiger partial charge in [0.1, 0.15) is 29.1 Å². The molecule has 3 aromatic carbocycles. The van der Waals surface area contributed by atoms with Gasteiger partial charge in [-0.25, -0.2) is 0 Å². The number of ether oxygens (including phenoxy) is 2. The molecule has 0 spiro atoms. The number of rotatable bonds is 5. The maximum Gasteiger partial charge on any atom is 0.306 e. The van der Waals surface area contributed by atoms with Gasteiger partial charge in [0.15, 0.2) is 23.0 Å². The average molecular weight is 500 g/mol. The first-order chi connectivity index (χ1) is 17.0. The Kier molecular flexibility index (Phi) is 6.34. The second kappa shape index (κ2) is 9.27. The van der Waals surface area contributed by atoms with Crippen molar-refractivity contribution in [2.75, 3.05) is 7.11 Å². The quantitative estimate of drug-likeness (QED) is 0.145. The number of fused-ring (bicyclic) bond motifs is 1. The van der Waals surface area contributed by atoms with Crippen LogP contribution in [0.2, 0.25) is 0 Å². The number of esters is 1. The number of methoxy groups -OCH3 is 1. The van der Waals surface area contributed by atoms with Crippen LogP contribution in [0.15, 0.2) is 36.4 Å². The number of phenols is 7. The monoisotopic (exact) mass is 500 g/mol. The summed E-state index contributed by atoms with van der Waals surface area (Å²) in [6.45, 7) is 0. The van der Waals surface area contributed by atoms with Crippen molar-refractivity contribution in [2.45, 2.75) is 31.0 Å². The summed E-state index contributed by atoms with van der Waals surface area (Å²) in [7, 11) is 1.13. The summed E-state index contributed by atoms with van der Waals surface area (Å²) in [4.78, 5) is 12.2. The van der Waals surface area contributed by atoms with Crippen LogP contribution in [0.4, 0.5) is 0 Å². The van der Waals surface area contributed by atoms with E-state index in [2.05, 4.69) is 0 Å². The number of benzene rings is 3. The van der Waals surface area contributed by atoms with Crippen molar-refractivity contribution >= 4 is 5.97 Å². The summed E-state index contributed by atoms with van der Waals surface area (Å²) in [5.41, 5.74) is 0.151. The Balaban J connectivity index is 1.81. The molecule has 0 aromatic heterocycles. The highest BCUT2D eigenvalue weighted by Gasteiger charge is 2.36. The van der Waals surface area contributed by atoms with Crippen molar-refractivity contribution in [3.63, 3.8) is 0 Å². The van der Waals surface area contributed by atoms with Gasteiger partial charge in [0.25, 0.3) is 0 Å². The molecular weight excluding hydrogens is 476 g/mol. The van der Waals surface area contributed by atoms with E-state index in [9.17, 15) is 45.6 Å². The van der Waals surface area contributed by atoms with Gasteiger partial charge in [0.2, 0.25) is 0 Å². The Morgan fingerprint density at radius 3 is 2.25 bits per heavy atom. The molecule has 1 aliphatic rings. The molecule has 0 fully saturated rings. The smallest absolute Gasteiger partial charge is 0.306 e. The summed E-state index contributed by atoms with van der Waals surface area (Å²) in [6, 6.07) is 6.90. The van der Waals surface area contributed by atoms with Gasteiger partial charge >= 0.3 is 5.97 Å². The number of carbonyl (C=O) groups excluding carboxylic acids is 1. The first kappa shape index (κ1) is 24.6. The number of hydrogen-bond donors (Lipinski definition) is 8. The maximum absolute atomic E-state index is 12.2. The van der Waals surface area contributed by atoms with Gasteiger partial charge in [-0.05, 0) is 23.8 Å². The molecule has 0 saturated heterocycles. The third kappa shape index (κ3) is 4.31. The van der Waals surface area contributed by atoms with Gasteiger partial charge in [-0.2, -0.15) is 0 Å². The predicted molar refractivity (Wildman–Crippen MR) is 123 cm³/mol. The Bertz CT molecular complexity index is 1330. The lowest BCUT2D eigenvalue weighted by Gasteiger charge is -2.33. The molecule has 1 aliphatic heterocycles. The molecule has 0 amide bonds. The number of aliphatic hydroxyl groups is 1. The number of aliphatic hydroxyl groups excluding tert-OH is 1. The van der Waals surface area contributed by atoms with Crippen LogP contribution in [0.5, 0.6) is 46.0 Å². The van der Waals surface area contributed by atoms with Crippen molar-refractivity contribution in [3.05, 3.63) is 58.7 Å². The van der Waals surface area contributed by atoms with Gasteiger partial charge in [-0.15, -0.1) is 0 Å². The molecule has 3 aromatic rings. The fraction of sp³-hybridized carbons (Fsp3) is 0.240. The summed E-state index contributed by atoms with van der Waals surface area (Å²) in [6.07, 6.45) is -2.83. The first-order valence-electron chi connectivity index (χ1n) is 10.8. The third-order valence-corrected chi connectivity index (χ3v) is 6.17. The normalized spacial score (nSPS) is 17.6. The molecule has 0 aliphatic carbocycles. The molecule has 1 heterocycles. The summed E-state index contributed by atoms with van der Waals surface area (Å²) in [5, 5.41) is 82.1. The molecule has 0 bridgehead atoms. The minimum absolute atomic E-state index is 0.0196. The van der Waals surface area contributed by atoms with Crippen molar-refractivity contribution in [3.8, 4) is 46.0 Å². The number of hydrogen-bond acceptors (Lipinski definition) is 11. The van der Waals surface area contributed by atoms with Crippen LogP contribution in [-0.4, -0.2) is 60.0 Å². The Morgan fingerprint density at radius 2 is 1.58 bits per heavy atom. The van der Waals surface area contributed by atoms with Crippen molar-refractivity contribution in [1.82, 2.24) is 0 Å². The largest absolute Gasteiger partial charge is 0.508 e. The highest BCUT2D eigenvalue weighted by Crippen LogP contribution is 2.51. The fourth-order valence-electron chi connectivity index (χ4n) is 4.35. The average Bonchev–Trinajstić information content (AvgIpc) is 2.82. The van der Waals surface area contributed by atoms with Crippen LogP contribution in [0, 0.1) is 0 Å². The number of aromatic hydroxyl groups is 7. The Labute approximate surface area is 204 Å². The van der Waals surface area contributed by atoms with E-state index in [1.807, 2.05) is 0 Å². The van der Waals surface area contributed by atoms with E-state index in [1.165, 1.54) is 24.3 Å². The van der Waals surface area contributed by atoms with Crippen LogP contribution >= 0.6 is 0 Å². The molecule has 0 saturated carbocycles. The summed E-state index contributed by atoms with van der Waals surface area (Å²) in [5.74, 6) is -5.51. The predicted octanol–water partition coefficient (Wildman–Crippen LogP) is 2.36. The SMILES string of the molecule is COC(=O)C[C@@H](c1cc(O)c(O)cc1O)c1c(O)cc2c(c1O)C[C@H](O)[C@@H](c1ccc(O)c(O)c1)O2. The third-order valence-electron chi connectivity index (χ3n) is 6.17. The molecule has 190 valence electrons. The van der Waals surface area contributed by atoms with Crippen LogP contribution in [0.25, 0.3) is 0 Å². The molecule has 0 radical (unpaired) electrons. The standard InChI is InChI=1S/C25H24O11/c1-35-22(33)7-12(11-5-17(29)18(30)8-15(11)27)23-19(31)9-21-13(24(23)34)6-20(32)25(36-21)10-2-3-14(26)16(28)4-10/h2-5,8-9,12,20,25-32,34H,6-7H2,1H3/t12-,20-,25+/m0/s1. The molecule has 11 nitrogen and oxygen atoms in total. The lowest BCUT2D eigenvalue weighted by Crippen LogP contribution is -2.30. The van der Waals surface area contributed by atoms with E-state index in [0.29, 0.717) is 5.56 Å². The molecular formula is C25H24O11. The zero-order valence-corrected chi connectivity index (χ0v) is 18.9. The maximum atomic E-state index is 12.2. The lowest BCUT2D eigenvalue weighted by molar-refractivity contribution is -0.140. The summed E-state index contributed by atoms with van der Waals surface area (Å²) >= 11 is 0. The molecule has 11 heteroatoms. The molecule has 36 heavy (non-hydrogen) atoms. The van der Waals surface area contributed by atoms with Crippen LogP contribution in [0.3, 0.4) is 0 Å². The Morgan fingerprint density at radius 1 is 0.917 bits per heavy atom. The van der Waals surface area contributed by atoms with Crippen molar-refractivity contribution in [2.24, 2.45) is 0 Å². The van der Waals surface area contributed by atoms with Gasteiger partial charge in [0, 0.05) is 41.2 Å².